The van der Waals surface area contributed by atoms with E-state index in [2.05, 4.69) is 22.5 Å². The minimum absolute atomic E-state index is 0.0982. The molecule has 2 heterocycles. The van der Waals surface area contributed by atoms with Gasteiger partial charge in [-0.3, -0.25) is 4.79 Å². The van der Waals surface area contributed by atoms with Crippen molar-refractivity contribution in [2.75, 3.05) is 5.32 Å². The van der Waals surface area contributed by atoms with Crippen molar-refractivity contribution in [3.8, 4) is 0 Å². The van der Waals surface area contributed by atoms with Gasteiger partial charge in [0.2, 0.25) is 0 Å². The van der Waals surface area contributed by atoms with E-state index in [4.69, 9.17) is 0 Å². The Morgan fingerprint density at radius 1 is 1.24 bits per heavy atom. The van der Waals surface area contributed by atoms with Crippen LogP contribution in [0, 0.1) is 6.92 Å². The van der Waals surface area contributed by atoms with E-state index in [9.17, 15) is 4.79 Å². The van der Waals surface area contributed by atoms with Crippen molar-refractivity contribution in [1.82, 2.24) is 9.78 Å². The third-order valence-electron chi connectivity index (χ3n) is 4.23. The number of ketones is 1. The SMILES string of the molecule is Cc1cc2n(n1)C(c1ccccc1)C1=C(CCCC1=O)N2. The van der Waals surface area contributed by atoms with Crippen LogP contribution in [0.25, 0.3) is 0 Å². The maximum atomic E-state index is 12.5. The van der Waals surface area contributed by atoms with Crippen molar-refractivity contribution in [1.29, 1.82) is 0 Å². The van der Waals surface area contributed by atoms with E-state index in [1.807, 2.05) is 35.9 Å². The Morgan fingerprint density at radius 3 is 2.86 bits per heavy atom. The third kappa shape index (κ3) is 1.90. The lowest BCUT2D eigenvalue weighted by Crippen LogP contribution is -2.31. The maximum absolute atomic E-state index is 12.5. The molecule has 0 saturated heterocycles. The van der Waals surface area contributed by atoms with Crippen LogP contribution in [0.3, 0.4) is 0 Å². The Kier molecular flexibility index (Phi) is 2.70. The summed E-state index contributed by atoms with van der Waals surface area (Å²) in [6.07, 6.45) is 2.51. The number of carbonyl (C=O) groups excluding carboxylic acids is 1. The Morgan fingerprint density at radius 2 is 2.05 bits per heavy atom. The number of aryl methyl sites for hydroxylation is 1. The molecule has 1 aliphatic carbocycles. The molecule has 21 heavy (non-hydrogen) atoms. The van der Waals surface area contributed by atoms with Gasteiger partial charge in [0.05, 0.1) is 5.69 Å². The highest BCUT2D eigenvalue weighted by Gasteiger charge is 2.35. The summed E-state index contributed by atoms with van der Waals surface area (Å²) in [6.45, 7) is 1.98. The fourth-order valence-corrected chi connectivity index (χ4v) is 3.34. The second-order valence-corrected chi connectivity index (χ2v) is 5.72. The van der Waals surface area contributed by atoms with E-state index in [-0.39, 0.29) is 11.8 Å². The molecule has 1 aromatic heterocycles. The van der Waals surface area contributed by atoms with Crippen LogP contribution in [0.2, 0.25) is 0 Å². The summed E-state index contributed by atoms with van der Waals surface area (Å²) in [5.74, 6) is 1.23. The standard InChI is InChI=1S/C17H17N3O/c1-11-10-15-18-13-8-5-9-14(21)16(13)17(20(15)19-11)12-6-3-2-4-7-12/h2-4,6-7,10,17-18H,5,8-9H2,1H3. The quantitative estimate of drug-likeness (QED) is 0.872. The Bertz CT molecular complexity index is 743. The van der Waals surface area contributed by atoms with Gasteiger partial charge in [0.15, 0.2) is 5.78 Å². The molecule has 2 aliphatic rings. The predicted molar refractivity (Wildman–Crippen MR) is 81.1 cm³/mol. The Hall–Kier alpha value is -2.36. The smallest absolute Gasteiger partial charge is 0.163 e. The van der Waals surface area contributed by atoms with E-state index < -0.39 is 0 Å². The zero-order chi connectivity index (χ0) is 14.4. The van der Waals surface area contributed by atoms with Gasteiger partial charge in [-0.1, -0.05) is 30.3 Å². The number of hydrogen-bond acceptors (Lipinski definition) is 3. The number of anilines is 1. The molecule has 2 aromatic rings. The number of nitrogens with one attached hydrogen (secondary N) is 1. The minimum atomic E-state index is -0.0982. The van der Waals surface area contributed by atoms with Gasteiger partial charge in [-0.15, -0.1) is 0 Å². The van der Waals surface area contributed by atoms with Crippen molar-refractivity contribution in [2.24, 2.45) is 0 Å². The second-order valence-electron chi connectivity index (χ2n) is 5.72. The fourth-order valence-electron chi connectivity index (χ4n) is 3.34. The lowest BCUT2D eigenvalue weighted by molar-refractivity contribution is -0.116. The van der Waals surface area contributed by atoms with Crippen molar-refractivity contribution in [3.63, 3.8) is 0 Å². The number of rotatable bonds is 1. The number of carbonyl (C=O) groups is 1. The van der Waals surface area contributed by atoms with Crippen LogP contribution in [0.4, 0.5) is 5.82 Å². The first kappa shape index (κ1) is 12.4. The van der Waals surface area contributed by atoms with Crippen molar-refractivity contribution in [2.45, 2.75) is 32.2 Å². The van der Waals surface area contributed by atoms with E-state index >= 15 is 0 Å². The van der Waals surface area contributed by atoms with Crippen LogP contribution in [0.1, 0.15) is 36.6 Å². The number of hydrogen-bond donors (Lipinski definition) is 1. The van der Waals surface area contributed by atoms with Crippen LogP contribution in [-0.2, 0) is 4.79 Å². The number of benzene rings is 1. The molecule has 0 fully saturated rings. The van der Waals surface area contributed by atoms with Crippen molar-refractivity contribution < 1.29 is 4.79 Å². The maximum Gasteiger partial charge on any atom is 0.163 e. The summed E-state index contributed by atoms with van der Waals surface area (Å²) in [5, 5.41) is 8.01. The molecular weight excluding hydrogens is 262 g/mol. The summed E-state index contributed by atoms with van der Waals surface area (Å²) < 4.78 is 1.95. The molecule has 0 bridgehead atoms. The zero-order valence-corrected chi connectivity index (χ0v) is 12.0. The van der Waals surface area contributed by atoms with Gasteiger partial charge in [0.1, 0.15) is 11.9 Å². The van der Waals surface area contributed by atoms with Crippen LogP contribution >= 0.6 is 0 Å². The van der Waals surface area contributed by atoms with Gasteiger partial charge >= 0.3 is 0 Å². The largest absolute Gasteiger partial charge is 0.343 e. The topological polar surface area (TPSA) is 46.9 Å². The number of aromatic nitrogens is 2. The predicted octanol–water partition coefficient (Wildman–Crippen LogP) is 3.21. The Balaban J connectivity index is 1.94. The number of allylic oxidation sites excluding steroid dienone is 2. The monoisotopic (exact) mass is 279 g/mol. The van der Waals surface area contributed by atoms with E-state index in [0.717, 1.165) is 41.2 Å². The van der Waals surface area contributed by atoms with E-state index in [1.54, 1.807) is 0 Å². The summed E-state index contributed by atoms with van der Waals surface area (Å²) >= 11 is 0. The molecular formula is C17H17N3O. The summed E-state index contributed by atoms with van der Waals surface area (Å²) in [5.41, 5.74) is 4.05. The fraction of sp³-hybridized carbons (Fsp3) is 0.294. The molecule has 1 N–H and O–H groups in total. The first-order valence-electron chi connectivity index (χ1n) is 7.38. The molecule has 4 rings (SSSR count). The van der Waals surface area contributed by atoms with Crippen LogP contribution in [0.15, 0.2) is 47.7 Å². The number of Topliss-reactive ketones (excluding diaryl/α,β-unsaturated/α-hetero) is 1. The first-order chi connectivity index (χ1) is 10.2. The molecule has 0 radical (unpaired) electrons. The molecule has 1 aromatic carbocycles. The minimum Gasteiger partial charge on any atom is -0.343 e. The second kappa shape index (κ2) is 4.58. The molecule has 0 amide bonds. The normalized spacial score (nSPS) is 20.8. The van der Waals surface area contributed by atoms with Gasteiger partial charge in [0.25, 0.3) is 0 Å². The van der Waals surface area contributed by atoms with Gasteiger partial charge < -0.3 is 5.32 Å². The zero-order valence-electron chi connectivity index (χ0n) is 12.0. The van der Waals surface area contributed by atoms with Gasteiger partial charge in [0, 0.05) is 23.8 Å². The van der Waals surface area contributed by atoms with E-state index in [0.29, 0.717) is 6.42 Å². The van der Waals surface area contributed by atoms with Crippen LogP contribution in [0.5, 0.6) is 0 Å². The lowest BCUT2D eigenvalue weighted by Gasteiger charge is -2.33. The summed E-state index contributed by atoms with van der Waals surface area (Å²) in [6, 6.07) is 12.1. The summed E-state index contributed by atoms with van der Waals surface area (Å²) in [4.78, 5) is 12.5. The average molecular weight is 279 g/mol. The van der Waals surface area contributed by atoms with Gasteiger partial charge in [-0.2, -0.15) is 5.10 Å². The first-order valence-corrected chi connectivity index (χ1v) is 7.38. The average Bonchev–Trinajstić information content (AvgIpc) is 2.86. The Labute approximate surface area is 123 Å². The molecule has 1 atom stereocenters. The highest BCUT2D eigenvalue weighted by atomic mass is 16.1. The van der Waals surface area contributed by atoms with Gasteiger partial charge in [-0.25, -0.2) is 4.68 Å². The highest BCUT2D eigenvalue weighted by Crippen LogP contribution is 2.40. The molecule has 0 saturated carbocycles. The molecule has 4 nitrogen and oxygen atoms in total. The molecule has 0 spiro atoms. The van der Waals surface area contributed by atoms with Crippen LogP contribution < -0.4 is 5.32 Å². The van der Waals surface area contributed by atoms with Crippen molar-refractivity contribution >= 4 is 11.6 Å². The third-order valence-corrected chi connectivity index (χ3v) is 4.23. The molecule has 1 aliphatic heterocycles. The van der Waals surface area contributed by atoms with Crippen LogP contribution in [-0.4, -0.2) is 15.6 Å². The lowest BCUT2D eigenvalue weighted by atomic mass is 9.85. The number of nitrogens with zero attached hydrogens (tertiary/aromatic N) is 2. The van der Waals surface area contributed by atoms with E-state index in [1.165, 1.54) is 0 Å². The highest BCUT2D eigenvalue weighted by molar-refractivity contribution is 5.99. The molecule has 4 heteroatoms. The molecule has 106 valence electrons. The molecule has 1 unspecified atom stereocenters. The summed E-state index contributed by atoms with van der Waals surface area (Å²) in [7, 11) is 0. The van der Waals surface area contributed by atoms with Gasteiger partial charge in [-0.05, 0) is 25.3 Å². The number of fused-ring (bicyclic) bond motifs is 1. The van der Waals surface area contributed by atoms with Crippen molar-refractivity contribution in [3.05, 3.63) is 58.9 Å².